The van der Waals surface area contributed by atoms with E-state index in [-0.39, 0.29) is 0 Å². The van der Waals surface area contributed by atoms with Crippen LogP contribution >= 0.6 is 0 Å². The van der Waals surface area contributed by atoms with Crippen molar-refractivity contribution in [1.29, 1.82) is 0 Å². The Kier molecular flexibility index (Phi) is 10.3. The molecule has 1 nitrogen and oxygen atoms in total. The zero-order valence-electron chi connectivity index (χ0n) is 19.8. The van der Waals surface area contributed by atoms with E-state index in [1.165, 1.54) is 89.9 Å². The number of hydrogen-bond acceptors (Lipinski definition) is 1. The second-order valence-electron chi connectivity index (χ2n) is 10.0. The van der Waals surface area contributed by atoms with Gasteiger partial charge in [0.1, 0.15) is 5.75 Å². The molecule has 0 saturated heterocycles. The van der Waals surface area contributed by atoms with Crippen molar-refractivity contribution in [2.24, 2.45) is 17.8 Å². The fourth-order valence-electron chi connectivity index (χ4n) is 5.85. The summed E-state index contributed by atoms with van der Waals surface area (Å²) >= 11 is 0. The number of allylic oxidation sites excluding steroid dienone is 2. The van der Waals surface area contributed by atoms with E-state index in [1.807, 2.05) is 0 Å². The highest BCUT2D eigenvalue weighted by molar-refractivity contribution is 5.30. The van der Waals surface area contributed by atoms with E-state index < -0.39 is 0 Å². The van der Waals surface area contributed by atoms with Crippen molar-refractivity contribution in [2.45, 2.75) is 110 Å². The van der Waals surface area contributed by atoms with Crippen molar-refractivity contribution in [3.05, 3.63) is 42.0 Å². The highest BCUT2D eigenvalue weighted by atomic mass is 16.5. The van der Waals surface area contributed by atoms with Crippen LogP contribution in [0.2, 0.25) is 0 Å². The maximum Gasteiger partial charge on any atom is 0.119 e. The first-order valence-corrected chi connectivity index (χ1v) is 13.2. The summed E-state index contributed by atoms with van der Waals surface area (Å²) in [5, 5.41) is 0. The van der Waals surface area contributed by atoms with Crippen LogP contribution in [0.5, 0.6) is 5.75 Å². The molecule has 0 spiro atoms. The van der Waals surface area contributed by atoms with Crippen LogP contribution in [-0.4, -0.2) is 6.61 Å². The fraction of sp³-hybridized carbons (Fsp3) is 0.724. The van der Waals surface area contributed by atoms with Crippen LogP contribution in [0.1, 0.15) is 115 Å². The topological polar surface area (TPSA) is 9.23 Å². The summed E-state index contributed by atoms with van der Waals surface area (Å²) in [6, 6.07) is 9.27. The van der Waals surface area contributed by atoms with E-state index in [2.05, 4.69) is 50.3 Å². The lowest BCUT2D eigenvalue weighted by atomic mass is 9.69. The molecule has 0 heterocycles. The largest absolute Gasteiger partial charge is 0.494 e. The van der Waals surface area contributed by atoms with Crippen molar-refractivity contribution < 1.29 is 4.74 Å². The summed E-state index contributed by atoms with van der Waals surface area (Å²) in [6.07, 6.45) is 23.8. The van der Waals surface area contributed by atoms with E-state index in [4.69, 9.17) is 4.74 Å². The van der Waals surface area contributed by atoms with Gasteiger partial charge in [-0.05, 0) is 86.3 Å². The van der Waals surface area contributed by atoms with Crippen molar-refractivity contribution in [1.82, 2.24) is 0 Å². The summed E-state index contributed by atoms with van der Waals surface area (Å²) in [6.45, 7) is 5.47. The fourth-order valence-corrected chi connectivity index (χ4v) is 5.85. The first-order valence-electron chi connectivity index (χ1n) is 13.2. The van der Waals surface area contributed by atoms with Crippen LogP contribution in [0.25, 0.3) is 0 Å². The van der Waals surface area contributed by atoms with Crippen LogP contribution in [0.4, 0.5) is 0 Å². The summed E-state index contributed by atoms with van der Waals surface area (Å²) in [7, 11) is 0. The molecule has 3 rings (SSSR count). The predicted octanol–water partition coefficient (Wildman–Crippen LogP) is 9.08. The van der Waals surface area contributed by atoms with Gasteiger partial charge in [-0.15, -0.1) is 0 Å². The molecule has 0 radical (unpaired) electrons. The molecule has 0 amide bonds. The highest BCUT2D eigenvalue weighted by Crippen LogP contribution is 2.44. The van der Waals surface area contributed by atoms with Crippen LogP contribution in [0.3, 0.4) is 0 Å². The molecule has 0 N–H and O–H groups in total. The van der Waals surface area contributed by atoms with E-state index in [0.717, 1.165) is 36.0 Å². The molecule has 1 fully saturated rings. The zero-order chi connectivity index (χ0) is 21.0. The molecule has 2 atom stereocenters. The molecular weight excluding hydrogens is 364 g/mol. The number of rotatable bonds is 12. The van der Waals surface area contributed by atoms with Gasteiger partial charge < -0.3 is 4.74 Å². The number of hydrogen-bond donors (Lipinski definition) is 0. The summed E-state index contributed by atoms with van der Waals surface area (Å²) in [5.41, 5.74) is 1.57. The van der Waals surface area contributed by atoms with Gasteiger partial charge in [0.2, 0.25) is 0 Å². The van der Waals surface area contributed by atoms with Crippen LogP contribution < -0.4 is 4.74 Å². The average molecular weight is 411 g/mol. The molecule has 2 aliphatic rings. The third-order valence-corrected chi connectivity index (χ3v) is 7.70. The van der Waals surface area contributed by atoms with Crippen LogP contribution in [-0.2, 0) is 0 Å². The van der Waals surface area contributed by atoms with E-state index in [1.54, 1.807) is 5.56 Å². The zero-order valence-corrected chi connectivity index (χ0v) is 19.8. The van der Waals surface area contributed by atoms with E-state index in [9.17, 15) is 0 Å². The summed E-state index contributed by atoms with van der Waals surface area (Å²) < 4.78 is 6.01. The molecule has 1 aromatic carbocycles. The normalized spacial score (nSPS) is 25.2. The van der Waals surface area contributed by atoms with Crippen molar-refractivity contribution in [2.75, 3.05) is 6.61 Å². The highest BCUT2D eigenvalue weighted by Gasteiger charge is 2.30. The molecule has 1 heteroatoms. The molecule has 2 aliphatic carbocycles. The molecule has 1 saturated carbocycles. The van der Waals surface area contributed by atoms with Gasteiger partial charge in [-0.2, -0.15) is 0 Å². The van der Waals surface area contributed by atoms with Gasteiger partial charge in [-0.1, -0.05) is 83.1 Å². The molecule has 30 heavy (non-hydrogen) atoms. The average Bonchev–Trinajstić information content (AvgIpc) is 2.79. The SMILES string of the molecule is CCCCCCOc1ccc(C(CC2CC=CCC2)C2CCC(CCC)CC2)cc1. The Hall–Kier alpha value is -1.24. The molecule has 2 unspecified atom stereocenters. The minimum atomic E-state index is 0.739. The minimum absolute atomic E-state index is 0.739. The Morgan fingerprint density at radius 3 is 2.30 bits per heavy atom. The van der Waals surface area contributed by atoms with Gasteiger partial charge in [0, 0.05) is 0 Å². The van der Waals surface area contributed by atoms with Crippen molar-refractivity contribution in [3.8, 4) is 5.75 Å². The molecule has 0 bridgehead atoms. The quantitative estimate of drug-likeness (QED) is 0.246. The molecule has 1 aromatic rings. The van der Waals surface area contributed by atoms with Crippen LogP contribution in [0.15, 0.2) is 36.4 Å². The Bertz CT molecular complexity index is 593. The molecule has 0 aliphatic heterocycles. The first kappa shape index (κ1) is 23.4. The van der Waals surface area contributed by atoms with E-state index >= 15 is 0 Å². The Labute approximate surface area is 186 Å². The second kappa shape index (κ2) is 13.2. The van der Waals surface area contributed by atoms with Gasteiger partial charge in [-0.3, -0.25) is 0 Å². The van der Waals surface area contributed by atoms with Crippen LogP contribution in [0, 0.1) is 17.8 Å². The van der Waals surface area contributed by atoms with Gasteiger partial charge in [-0.25, -0.2) is 0 Å². The van der Waals surface area contributed by atoms with Crippen molar-refractivity contribution >= 4 is 0 Å². The number of benzene rings is 1. The maximum atomic E-state index is 6.01. The molecular formula is C29H46O. The van der Waals surface area contributed by atoms with Gasteiger partial charge >= 0.3 is 0 Å². The monoisotopic (exact) mass is 410 g/mol. The van der Waals surface area contributed by atoms with Gasteiger partial charge in [0.25, 0.3) is 0 Å². The summed E-state index contributed by atoms with van der Waals surface area (Å²) in [4.78, 5) is 0. The van der Waals surface area contributed by atoms with Gasteiger partial charge in [0.15, 0.2) is 0 Å². The minimum Gasteiger partial charge on any atom is -0.494 e. The maximum absolute atomic E-state index is 6.01. The number of ether oxygens (including phenoxy) is 1. The summed E-state index contributed by atoms with van der Waals surface area (Å²) in [5.74, 6) is 4.55. The third kappa shape index (κ3) is 7.47. The second-order valence-corrected chi connectivity index (χ2v) is 10.0. The standard InChI is InChI=1S/C29H46O/c1-3-5-6-10-22-30-28-20-18-27(19-21-28)29(23-25-12-8-7-9-13-25)26-16-14-24(11-4-2)15-17-26/h7-8,18-21,24-26,29H,3-6,9-17,22-23H2,1-2H3. The Morgan fingerprint density at radius 2 is 1.63 bits per heavy atom. The smallest absolute Gasteiger partial charge is 0.119 e. The molecule has 168 valence electrons. The lowest BCUT2D eigenvalue weighted by molar-refractivity contribution is 0.211. The third-order valence-electron chi connectivity index (χ3n) is 7.70. The van der Waals surface area contributed by atoms with Gasteiger partial charge in [0.05, 0.1) is 6.61 Å². The number of unbranched alkanes of at least 4 members (excludes halogenated alkanes) is 3. The van der Waals surface area contributed by atoms with E-state index in [0.29, 0.717) is 0 Å². The van der Waals surface area contributed by atoms with Crippen molar-refractivity contribution in [3.63, 3.8) is 0 Å². The lowest BCUT2D eigenvalue weighted by Gasteiger charge is -2.36. The Balaban J connectivity index is 1.60. The molecule has 0 aromatic heterocycles. The Morgan fingerprint density at radius 1 is 0.833 bits per heavy atom. The first-order chi connectivity index (χ1) is 14.8. The lowest BCUT2D eigenvalue weighted by Crippen LogP contribution is -2.23. The predicted molar refractivity (Wildman–Crippen MR) is 130 cm³/mol.